The summed E-state index contributed by atoms with van der Waals surface area (Å²) in [5.41, 5.74) is 1.30. The van der Waals surface area contributed by atoms with Gasteiger partial charge in [0.1, 0.15) is 5.69 Å². The predicted molar refractivity (Wildman–Crippen MR) is 96.8 cm³/mol. The highest BCUT2D eigenvalue weighted by atomic mass is 16.1. The van der Waals surface area contributed by atoms with Gasteiger partial charge in [-0.1, -0.05) is 13.8 Å². The Labute approximate surface area is 140 Å². The SMILES string of the molecule is CNc1cccn(CCCC2(C)CC3CC(C)CC(C3)C2)c1=O. The summed E-state index contributed by atoms with van der Waals surface area (Å²) < 4.78 is 1.86. The van der Waals surface area contributed by atoms with Crippen molar-refractivity contribution < 1.29 is 0 Å². The Morgan fingerprint density at radius 3 is 2.61 bits per heavy atom. The topological polar surface area (TPSA) is 34.0 Å². The maximum atomic E-state index is 12.3. The van der Waals surface area contributed by atoms with Crippen LogP contribution >= 0.6 is 0 Å². The Hall–Kier alpha value is -1.25. The summed E-state index contributed by atoms with van der Waals surface area (Å²) in [6, 6.07) is 3.81. The number of fused-ring (bicyclic) bond motifs is 2. The van der Waals surface area contributed by atoms with Crippen molar-refractivity contribution in [1.29, 1.82) is 0 Å². The van der Waals surface area contributed by atoms with Crippen molar-refractivity contribution in [1.82, 2.24) is 4.57 Å². The molecule has 1 heterocycles. The fourth-order valence-electron chi connectivity index (χ4n) is 5.49. The Morgan fingerprint density at radius 1 is 1.26 bits per heavy atom. The van der Waals surface area contributed by atoms with E-state index in [-0.39, 0.29) is 5.56 Å². The van der Waals surface area contributed by atoms with Gasteiger partial charge in [-0.3, -0.25) is 4.79 Å². The molecule has 2 aliphatic rings. The first-order valence-electron chi connectivity index (χ1n) is 9.36. The summed E-state index contributed by atoms with van der Waals surface area (Å²) in [5, 5.41) is 2.98. The molecule has 0 aromatic carbocycles. The lowest BCUT2D eigenvalue weighted by Crippen LogP contribution is -2.36. The van der Waals surface area contributed by atoms with Crippen LogP contribution in [0.1, 0.15) is 58.8 Å². The maximum absolute atomic E-state index is 12.3. The van der Waals surface area contributed by atoms with E-state index in [0.717, 1.165) is 30.7 Å². The molecule has 0 spiro atoms. The van der Waals surface area contributed by atoms with Gasteiger partial charge >= 0.3 is 0 Å². The number of anilines is 1. The van der Waals surface area contributed by atoms with Crippen LogP contribution in [0.2, 0.25) is 0 Å². The van der Waals surface area contributed by atoms with Crippen molar-refractivity contribution >= 4 is 5.69 Å². The smallest absolute Gasteiger partial charge is 0.273 e. The first-order valence-corrected chi connectivity index (χ1v) is 9.36. The third-order valence-corrected chi connectivity index (χ3v) is 6.17. The highest BCUT2D eigenvalue weighted by Gasteiger charge is 2.40. The van der Waals surface area contributed by atoms with Crippen LogP contribution in [0.25, 0.3) is 0 Å². The Balaban J connectivity index is 1.57. The van der Waals surface area contributed by atoms with Gasteiger partial charge in [0, 0.05) is 19.8 Å². The molecule has 1 N–H and O–H groups in total. The molecule has 2 aliphatic carbocycles. The van der Waals surface area contributed by atoms with Gasteiger partial charge in [-0.15, -0.1) is 0 Å². The molecule has 3 nitrogen and oxygen atoms in total. The molecule has 2 fully saturated rings. The Kier molecular flexibility index (Phi) is 4.84. The molecule has 2 bridgehead atoms. The molecule has 2 unspecified atom stereocenters. The van der Waals surface area contributed by atoms with Crippen LogP contribution in [0.3, 0.4) is 0 Å². The molecule has 0 saturated heterocycles. The van der Waals surface area contributed by atoms with Crippen LogP contribution in [0.4, 0.5) is 5.69 Å². The molecule has 0 amide bonds. The van der Waals surface area contributed by atoms with Crippen molar-refractivity contribution in [2.75, 3.05) is 12.4 Å². The molecule has 2 atom stereocenters. The molecule has 2 saturated carbocycles. The lowest BCUT2D eigenvalue weighted by Gasteiger charge is -2.47. The molecule has 1 aromatic rings. The van der Waals surface area contributed by atoms with E-state index in [1.165, 1.54) is 38.5 Å². The van der Waals surface area contributed by atoms with Gasteiger partial charge in [0.05, 0.1) is 0 Å². The molecule has 1 aromatic heterocycles. The number of nitrogens with one attached hydrogen (secondary N) is 1. The fourth-order valence-corrected chi connectivity index (χ4v) is 5.49. The van der Waals surface area contributed by atoms with Gasteiger partial charge in [0.15, 0.2) is 0 Å². The Morgan fingerprint density at radius 2 is 1.96 bits per heavy atom. The van der Waals surface area contributed by atoms with Gasteiger partial charge in [-0.05, 0) is 80.2 Å². The van der Waals surface area contributed by atoms with Gasteiger partial charge < -0.3 is 9.88 Å². The van der Waals surface area contributed by atoms with Crippen LogP contribution < -0.4 is 10.9 Å². The summed E-state index contributed by atoms with van der Waals surface area (Å²) in [4.78, 5) is 12.3. The second kappa shape index (κ2) is 6.70. The molecule has 3 rings (SSSR count). The number of rotatable bonds is 5. The minimum Gasteiger partial charge on any atom is -0.384 e. The first kappa shape index (κ1) is 16.6. The minimum absolute atomic E-state index is 0.106. The molecule has 0 radical (unpaired) electrons. The van der Waals surface area contributed by atoms with Gasteiger partial charge in [-0.25, -0.2) is 0 Å². The van der Waals surface area contributed by atoms with Crippen LogP contribution in [0.5, 0.6) is 0 Å². The van der Waals surface area contributed by atoms with E-state index < -0.39 is 0 Å². The standard InChI is InChI=1S/C20H32N2O/c1-15-10-16-12-17(11-15)14-20(2,13-16)7-5-9-22-8-4-6-18(21-3)19(22)23/h4,6,8,15-17,21H,5,7,9-14H2,1-3H3. The molecule has 128 valence electrons. The largest absolute Gasteiger partial charge is 0.384 e. The second-order valence-corrected chi connectivity index (χ2v) is 8.54. The van der Waals surface area contributed by atoms with Gasteiger partial charge in [-0.2, -0.15) is 0 Å². The maximum Gasteiger partial charge on any atom is 0.273 e. The van der Waals surface area contributed by atoms with E-state index >= 15 is 0 Å². The number of aryl methyl sites for hydroxylation is 1. The summed E-state index contributed by atoms with van der Waals surface area (Å²) in [5.74, 6) is 2.85. The Bertz CT molecular complexity index is 574. The zero-order chi connectivity index (χ0) is 16.4. The summed E-state index contributed by atoms with van der Waals surface area (Å²) >= 11 is 0. The number of nitrogens with zero attached hydrogens (tertiary/aromatic N) is 1. The molecule has 23 heavy (non-hydrogen) atoms. The number of pyridine rings is 1. The van der Waals surface area contributed by atoms with E-state index in [1.807, 2.05) is 29.9 Å². The monoisotopic (exact) mass is 316 g/mol. The van der Waals surface area contributed by atoms with Crippen molar-refractivity contribution in [3.63, 3.8) is 0 Å². The molecule has 0 aliphatic heterocycles. The van der Waals surface area contributed by atoms with Gasteiger partial charge in [0.25, 0.3) is 5.56 Å². The third-order valence-electron chi connectivity index (χ3n) is 6.17. The summed E-state index contributed by atoms with van der Waals surface area (Å²) in [6.07, 6.45) is 11.4. The minimum atomic E-state index is 0.106. The molecular weight excluding hydrogens is 284 g/mol. The average molecular weight is 316 g/mol. The lowest BCUT2D eigenvalue weighted by atomic mass is 9.58. The lowest BCUT2D eigenvalue weighted by molar-refractivity contribution is 0.0390. The third kappa shape index (κ3) is 3.81. The second-order valence-electron chi connectivity index (χ2n) is 8.54. The van der Waals surface area contributed by atoms with Crippen LogP contribution in [-0.2, 0) is 6.54 Å². The van der Waals surface area contributed by atoms with E-state index in [2.05, 4.69) is 19.2 Å². The quantitative estimate of drug-likeness (QED) is 0.866. The van der Waals surface area contributed by atoms with Crippen molar-refractivity contribution in [3.8, 4) is 0 Å². The van der Waals surface area contributed by atoms with Crippen LogP contribution in [0.15, 0.2) is 23.1 Å². The highest BCUT2D eigenvalue weighted by Crippen LogP contribution is 2.51. The molecule has 3 heteroatoms. The van der Waals surface area contributed by atoms with Crippen molar-refractivity contribution in [2.24, 2.45) is 23.2 Å². The van der Waals surface area contributed by atoms with Crippen molar-refractivity contribution in [2.45, 2.75) is 65.3 Å². The van der Waals surface area contributed by atoms with E-state index in [1.54, 1.807) is 0 Å². The number of aromatic nitrogens is 1. The number of hydrogen-bond acceptors (Lipinski definition) is 2. The zero-order valence-electron chi connectivity index (χ0n) is 15.0. The predicted octanol–water partition coefficient (Wildman–Crippen LogP) is 4.52. The average Bonchev–Trinajstić information content (AvgIpc) is 2.47. The van der Waals surface area contributed by atoms with Crippen LogP contribution in [0, 0.1) is 23.2 Å². The summed E-state index contributed by atoms with van der Waals surface area (Å²) in [6.45, 7) is 5.77. The normalized spacial score (nSPS) is 33.4. The number of hydrogen-bond donors (Lipinski definition) is 1. The zero-order valence-corrected chi connectivity index (χ0v) is 15.0. The van der Waals surface area contributed by atoms with E-state index in [9.17, 15) is 4.79 Å². The van der Waals surface area contributed by atoms with E-state index in [4.69, 9.17) is 0 Å². The first-order chi connectivity index (χ1) is 11.0. The van der Waals surface area contributed by atoms with Crippen LogP contribution in [-0.4, -0.2) is 11.6 Å². The van der Waals surface area contributed by atoms with E-state index in [0.29, 0.717) is 11.1 Å². The fraction of sp³-hybridized carbons (Fsp3) is 0.750. The summed E-state index contributed by atoms with van der Waals surface area (Å²) in [7, 11) is 1.81. The molecular formula is C20H32N2O. The highest BCUT2D eigenvalue weighted by molar-refractivity contribution is 5.39. The van der Waals surface area contributed by atoms with Crippen molar-refractivity contribution in [3.05, 3.63) is 28.7 Å². The van der Waals surface area contributed by atoms with Gasteiger partial charge in [0.2, 0.25) is 0 Å².